The van der Waals surface area contributed by atoms with E-state index in [1.807, 2.05) is 23.5 Å². The van der Waals surface area contributed by atoms with Crippen LogP contribution in [0.5, 0.6) is 0 Å². The molecule has 0 spiro atoms. The van der Waals surface area contributed by atoms with Crippen LogP contribution in [0, 0.1) is 6.92 Å². The monoisotopic (exact) mass is 285 g/mol. The molecule has 2 nitrogen and oxygen atoms in total. The number of fused-ring (bicyclic) bond motifs is 1. The molecule has 0 aliphatic carbocycles. The molecule has 0 radical (unpaired) electrons. The molecule has 2 heterocycles. The van der Waals surface area contributed by atoms with Crippen molar-refractivity contribution in [3.05, 3.63) is 57.5 Å². The van der Waals surface area contributed by atoms with E-state index in [9.17, 15) is 0 Å². The first kappa shape index (κ1) is 13.4. The Morgan fingerprint density at radius 3 is 2.75 bits per heavy atom. The van der Waals surface area contributed by atoms with E-state index < -0.39 is 0 Å². The summed E-state index contributed by atoms with van der Waals surface area (Å²) in [4.78, 5) is 1.41. The van der Waals surface area contributed by atoms with Crippen molar-refractivity contribution < 1.29 is 4.42 Å². The molecule has 0 fully saturated rings. The minimum absolute atomic E-state index is 0.859. The lowest BCUT2D eigenvalue weighted by molar-refractivity contribution is 0.544. The van der Waals surface area contributed by atoms with Crippen LogP contribution in [-0.2, 0) is 19.5 Å². The number of hydrogen-bond acceptors (Lipinski definition) is 3. The highest BCUT2D eigenvalue weighted by Crippen LogP contribution is 2.26. The maximum Gasteiger partial charge on any atom is 0.134 e. The smallest absolute Gasteiger partial charge is 0.134 e. The van der Waals surface area contributed by atoms with Gasteiger partial charge in [-0.1, -0.05) is 25.1 Å². The standard InChI is InChI=1S/C17H19NOS/c1-3-15-14(13-6-4-5-7-16(13)19-15)10-18-11-17-12(2)8-9-20-17/h4-9,18H,3,10-11H2,1-2H3. The highest BCUT2D eigenvalue weighted by molar-refractivity contribution is 7.10. The maximum absolute atomic E-state index is 5.92. The Kier molecular flexibility index (Phi) is 3.90. The second-order valence-electron chi connectivity index (χ2n) is 4.98. The molecular weight excluding hydrogens is 266 g/mol. The molecule has 1 N–H and O–H groups in total. The molecule has 0 atom stereocenters. The van der Waals surface area contributed by atoms with Crippen LogP contribution in [0.3, 0.4) is 0 Å². The summed E-state index contributed by atoms with van der Waals surface area (Å²) in [7, 11) is 0. The van der Waals surface area contributed by atoms with Gasteiger partial charge in [0.2, 0.25) is 0 Å². The van der Waals surface area contributed by atoms with Crippen molar-refractivity contribution in [3.63, 3.8) is 0 Å². The number of aryl methyl sites for hydroxylation is 2. The summed E-state index contributed by atoms with van der Waals surface area (Å²) < 4.78 is 5.92. The van der Waals surface area contributed by atoms with Crippen LogP contribution in [0.2, 0.25) is 0 Å². The fourth-order valence-corrected chi connectivity index (χ4v) is 3.39. The Morgan fingerprint density at radius 2 is 2.00 bits per heavy atom. The molecule has 0 aliphatic heterocycles. The lowest BCUT2D eigenvalue weighted by Gasteiger charge is -2.05. The Balaban J connectivity index is 1.78. The number of rotatable bonds is 5. The Labute approximate surface area is 123 Å². The third kappa shape index (κ3) is 2.51. The van der Waals surface area contributed by atoms with Crippen LogP contribution in [0.4, 0.5) is 0 Å². The van der Waals surface area contributed by atoms with Gasteiger partial charge in [-0.2, -0.15) is 0 Å². The van der Waals surface area contributed by atoms with Crippen molar-refractivity contribution in [2.75, 3.05) is 0 Å². The molecule has 0 aliphatic rings. The van der Waals surface area contributed by atoms with Gasteiger partial charge >= 0.3 is 0 Å². The van der Waals surface area contributed by atoms with Crippen LogP contribution >= 0.6 is 11.3 Å². The van der Waals surface area contributed by atoms with Crippen molar-refractivity contribution in [3.8, 4) is 0 Å². The van der Waals surface area contributed by atoms with Crippen LogP contribution < -0.4 is 5.32 Å². The van der Waals surface area contributed by atoms with Gasteiger partial charge in [-0.05, 0) is 30.0 Å². The first-order valence-corrected chi connectivity index (χ1v) is 7.90. The van der Waals surface area contributed by atoms with E-state index >= 15 is 0 Å². The second-order valence-corrected chi connectivity index (χ2v) is 5.98. The molecule has 0 amide bonds. The van der Waals surface area contributed by atoms with Crippen LogP contribution in [0.25, 0.3) is 11.0 Å². The van der Waals surface area contributed by atoms with Gasteiger partial charge in [0.05, 0.1) is 0 Å². The normalized spacial score (nSPS) is 11.3. The van der Waals surface area contributed by atoms with Gasteiger partial charge in [0.25, 0.3) is 0 Å². The van der Waals surface area contributed by atoms with Gasteiger partial charge in [0.15, 0.2) is 0 Å². The molecule has 0 bridgehead atoms. The fraction of sp³-hybridized carbons (Fsp3) is 0.294. The van der Waals surface area contributed by atoms with Gasteiger partial charge in [-0.25, -0.2) is 0 Å². The summed E-state index contributed by atoms with van der Waals surface area (Å²) in [6, 6.07) is 10.5. The number of furan rings is 1. The molecule has 0 saturated heterocycles. The lowest BCUT2D eigenvalue weighted by Crippen LogP contribution is -2.13. The summed E-state index contributed by atoms with van der Waals surface area (Å²) in [6.45, 7) is 6.09. The second kappa shape index (κ2) is 5.81. The van der Waals surface area contributed by atoms with Gasteiger partial charge in [0, 0.05) is 35.3 Å². The van der Waals surface area contributed by atoms with Gasteiger partial charge in [-0.3, -0.25) is 0 Å². The number of para-hydroxylation sites is 1. The molecule has 0 unspecified atom stereocenters. The first-order chi connectivity index (χ1) is 9.79. The molecule has 20 heavy (non-hydrogen) atoms. The molecular formula is C17H19NOS. The fourth-order valence-electron chi connectivity index (χ4n) is 2.52. The van der Waals surface area contributed by atoms with E-state index in [0.29, 0.717) is 0 Å². The van der Waals surface area contributed by atoms with Crippen LogP contribution in [0.15, 0.2) is 40.1 Å². The van der Waals surface area contributed by atoms with E-state index in [-0.39, 0.29) is 0 Å². The topological polar surface area (TPSA) is 25.2 Å². The van der Waals surface area contributed by atoms with Crippen LogP contribution in [0.1, 0.15) is 28.7 Å². The largest absolute Gasteiger partial charge is 0.461 e. The minimum Gasteiger partial charge on any atom is -0.461 e. The molecule has 3 aromatic rings. The molecule has 1 aromatic carbocycles. The number of hydrogen-bond donors (Lipinski definition) is 1. The van der Waals surface area contributed by atoms with Gasteiger partial charge in [0.1, 0.15) is 11.3 Å². The van der Waals surface area contributed by atoms with Gasteiger partial charge in [-0.15, -0.1) is 11.3 Å². The average molecular weight is 285 g/mol. The Hall–Kier alpha value is -1.58. The van der Waals surface area contributed by atoms with Crippen molar-refractivity contribution in [2.24, 2.45) is 0 Å². The third-order valence-corrected chi connectivity index (χ3v) is 4.68. The molecule has 2 aromatic heterocycles. The summed E-state index contributed by atoms with van der Waals surface area (Å²) in [6.07, 6.45) is 0.934. The highest BCUT2D eigenvalue weighted by atomic mass is 32.1. The third-order valence-electron chi connectivity index (χ3n) is 3.66. The van der Waals surface area contributed by atoms with Crippen molar-refractivity contribution in [1.29, 1.82) is 0 Å². The number of benzene rings is 1. The first-order valence-electron chi connectivity index (χ1n) is 7.02. The van der Waals surface area contributed by atoms with Crippen molar-refractivity contribution in [1.82, 2.24) is 5.32 Å². The Morgan fingerprint density at radius 1 is 1.15 bits per heavy atom. The van der Waals surface area contributed by atoms with E-state index in [4.69, 9.17) is 4.42 Å². The molecule has 3 rings (SSSR count). The predicted octanol–water partition coefficient (Wildman–Crippen LogP) is 4.65. The summed E-state index contributed by atoms with van der Waals surface area (Å²) in [5.74, 6) is 1.10. The van der Waals surface area contributed by atoms with Crippen molar-refractivity contribution in [2.45, 2.75) is 33.4 Å². The maximum atomic E-state index is 5.92. The summed E-state index contributed by atoms with van der Waals surface area (Å²) in [5.41, 5.74) is 3.67. The van der Waals surface area contributed by atoms with E-state index in [0.717, 1.165) is 30.9 Å². The number of nitrogens with one attached hydrogen (secondary N) is 1. The lowest BCUT2D eigenvalue weighted by atomic mass is 10.1. The average Bonchev–Trinajstić information content (AvgIpc) is 3.03. The van der Waals surface area contributed by atoms with E-state index in [1.54, 1.807) is 0 Å². The zero-order valence-electron chi connectivity index (χ0n) is 11.9. The molecule has 3 heteroatoms. The molecule has 104 valence electrons. The zero-order chi connectivity index (χ0) is 13.9. The van der Waals surface area contributed by atoms with E-state index in [1.165, 1.54) is 21.4 Å². The van der Waals surface area contributed by atoms with Gasteiger partial charge < -0.3 is 9.73 Å². The van der Waals surface area contributed by atoms with Crippen LogP contribution in [-0.4, -0.2) is 0 Å². The zero-order valence-corrected chi connectivity index (χ0v) is 12.7. The quantitative estimate of drug-likeness (QED) is 0.738. The van der Waals surface area contributed by atoms with E-state index in [2.05, 4.69) is 42.7 Å². The number of thiophene rings is 1. The SMILES string of the molecule is CCc1oc2ccccc2c1CNCc1sccc1C. The summed E-state index contributed by atoms with van der Waals surface area (Å²) in [5, 5.41) is 6.93. The molecule has 0 saturated carbocycles. The predicted molar refractivity (Wildman–Crippen MR) is 85.2 cm³/mol. The Bertz CT molecular complexity index is 711. The minimum atomic E-state index is 0.859. The van der Waals surface area contributed by atoms with Crippen molar-refractivity contribution >= 4 is 22.3 Å². The summed E-state index contributed by atoms with van der Waals surface area (Å²) >= 11 is 1.81. The highest BCUT2D eigenvalue weighted by Gasteiger charge is 2.12.